The summed E-state index contributed by atoms with van der Waals surface area (Å²) in [6.45, 7) is 5.33. The zero-order chi connectivity index (χ0) is 19.8. The molecule has 5 atom stereocenters. The van der Waals surface area contributed by atoms with Crippen molar-refractivity contribution >= 4 is 6.09 Å². The first-order valence-corrected chi connectivity index (χ1v) is 11.6. The van der Waals surface area contributed by atoms with Crippen LogP contribution in [0.4, 0.5) is 4.79 Å². The molecule has 4 saturated heterocycles. The first-order chi connectivity index (χ1) is 14.1. The summed E-state index contributed by atoms with van der Waals surface area (Å²) in [6, 6.07) is 0.879. The minimum atomic E-state index is -0.195. The van der Waals surface area contributed by atoms with E-state index in [4.69, 9.17) is 14.3 Å². The van der Waals surface area contributed by atoms with Crippen molar-refractivity contribution in [3.63, 3.8) is 0 Å². The maximum Gasteiger partial charge on any atom is 0.410 e. The number of ether oxygens (including phenoxy) is 2. The van der Waals surface area contributed by atoms with Gasteiger partial charge in [0.1, 0.15) is 11.8 Å². The molecule has 5 unspecified atom stereocenters. The standard InChI is InChI=1S/C21H36N4O4/c1-21(8-9-21)28-20(26)25-10-5-14(6-11-25)18-23-19(29-24-18)17-4-2-3-16(22-17)15-7-12-27-13-15/h14-19,22-24H,2-13H2,1H3. The molecule has 4 heterocycles. The lowest BCUT2D eigenvalue weighted by molar-refractivity contribution is -0.0149. The van der Waals surface area contributed by atoms with Crippen LogP contribution in [0.2, 0.25) is 0 Å². The molecule has 0 radical (unpaired) electrons. The number of nitrogens with one attached hydrogen (secondary N) is 3. The molecule has 1 amide bonds. The van der Waals surface area contributed by atoms with E-state index >= 15 is 0 Å². The topological polar surface area (TPSA) is 84.1 Å². The molecule has 8 heteroatoms. The number of rotatable bonds is 4. The Labute approximate surface area is 173 Å². The second-order valence-corrected chi connectivity index (χ2v) is 9.88. The molecule has 0 bridgehead atoms. The van der Waals surface area contributed by atoms with Gasteiger partial charge >= 0.3 is 6.09 Å². The highest BCUT2D eigenvalue weighted by Gasteiger charge is 2.44. The molecule has 0 aromatic heterocycles. The van der Waals surface area contributed by atoms with E-state index in [0.717, 1.165) is 58.4 Å². The zero-order valence-electron chi connectivity index (χ0n) is 17.5. The Morgan fingerprint density at radius 1 is 1.03 bits per heavy atom. The lowest BCUT2D eigenvalue weighted by atomic mass is 9.88. The fourth-order valence-electron chi connectivity index (χ4n) is 5.27. The van der Waals surface area contributed by atoms with Crippen LogP contribution in [0.3, 0.4) is 0 Å². The minimum Gasteiger partial charge on any atom is -0.443 e. The van der Waals surface area contributed by atoms with Crippen molar-refractivity contribution in [1.82, 2.24) is 21.0 Å². The third-order valence-electron chi connectivity index (χ3n) is 7.58. The van der Waals surface area contributed by atoms with Crippen LogP contribution >= 0.6 is 0 Å². The zero-order valence-corrected chi connectivity index (χ0v) is 17.5. The van der Waals surface area contributed by atoms with E-state index in [2.05, 4.69) is 16.1 Å². The van der Waals surface area contributed by atoms with Gasteiger partial charge in [-0.25, -0.2) is 4.79 Å². The molecule has 8 nitrogen and oxygen atoms in total. The SMILES string of the molecule is CC1(OC(=O)N2CCC(C3NOC(C4CCCC(C5CCOC5)N4)N3)CC2)CC1. The summed E-state index contributed by atoms with van der Waals surface area (Å²) >= 11 is 0. The van der Waals surface area contributed by atoms with Crippen LogP contribution in [-0.4, -0.2) is 67.4 Å². The van der Waals surface area contributed by atoms with Crippen LogP contribution in [0.25, 0.3) is 0 Å². The van der Waals surface area contributed by atoms with E-state index in [9.17, 15) is 4.79 Å². The number of piperidine rings is 2. The van der Waals surface area contributed by atoms with Gasteiger partial charge in [0.2, 0.25) is 0 Å². The number of carbonyl (C=O) groups is 1. The molecule has 29 heavy (non-hydrogen) atoms. The molecule has 1 saturated carbocycles. The highest BCUT2D eigenvalue weighted by atomic mass is 16.7. The van der Waals surface area contributed by atoms with E-state index in [1.165, 1.54) is 19.3 Å². The van der Waals surface area contributed by atoms with Gasteiger partial charge in [0.25, 0.3) is 0 Å². The van der Waals surface area contributed by atoms with Gasteiger partial charge in [0.05, 0.1) is 12.8 Å². The molecular formula is C21H36N4O4. The van der Waals surface area contributed by atoms with Gasteiger partial charge in [-0.1, -0.05) is 6.42 Å². The monoisotopic (exact) mass is 408 g/mol. The Hall–Kier alpha value is -0.930. The molecule has 3 N–H and O–H groups in total. The molecule has 164 valence electrons. The highest BCUT2D eigenvalue weighted by molar-refractivity contribution is 5.68. The fourth-order valence-corrected chi connectivity index (χ4v) is 5.27. The quantitative estimate of drug-likeness (QED) is 0.653. The summed E-state index contributed by atoms with van der Waals surface area (Å²) in [7, 11) is 0. The van der Waals surface area contributed by atoms with Gasteiger partial charge < -0.3 is 19.7 Å². The number of nitrogens with zero attached hydrogens (tertiary/aromatic N) is 1. The van der Waals surface area contributed by atoms with Crippen LogP contribution in [0, 0.1) is 11.8 Å². The second kappa shape index (κ2) is 8.30. The van der Waals surface area contributed by atoms with E-state index in [1.54, 1.807) is 0 Å². The van der Waals surface area contributed by atoms with Gasteiger partial charge in [-0.2, -0.15) is 5.48 Å². The van der Waals surface area contributed by atoms with E-state index in [0.29, 0.717) is 23.9 Å². The fraction of sp³-hybridized carbons (Fsp3) is 0.952. The second-order valence-electron chi connectivity index (χ2n) is 9.88. The average molecular weight is 409 g/mol. The van der Waals surface area contributed by atoms with Crippen molar-refractivity contribution in [3.05, 3.63) is 0 Å². The molecule has 4 aliphatic heterocycles. The molecule has 1 aliphatic carbocycles. The Morgan fingerprint density at radius 2 is 1.83 bits per heavy atom. The number of hydrogen-bond acceptors (Lipinski definition) is 7. The van der Waals surface area contributed by atoms with Crippen molar-refractivity contribution in [2.24, 2.45) is 11.8 Å². The Balaban J connectivity index is 1.08. The van der Waals surface area contributed by atoms with Gasteiger partial charge in [0.15, 0.2) is 0 Å². The lowest BCUT2D eigenvalue weighted by Crippen LogP contribution is -2.56. The van der Waals surface area contributed by atoms with Crippen molar-refractivity contribution in [3.8, 4) is 0 Å². The van der Waals surface area contributed by atoms with E-state index in [1.807, 2.05) is 11.8 Å². The van der Waals surface area contributed by atoms with Crippen molar-refractivity contribution in [2.45, 2.75) is 88.4 Å². The van der Waals surface area contributed by atoms with Crippen LogP contribution in [-0.2, 0) is 14.3 Å². The molecule has 0 aromatic carbocycles. The Bertz CT molecular complexity index is 587. The van der Waals surface area contributed by atoms with Crippen molar-refractivity contribution in [2.75, 3.05) is 26.3 Å². The number of likely N-dealkylation sites (tertiary alicyclic amines) is 1. The third kappa shape index (κ3) is 4.56. The van der Waals surface area contributed by atoms with Gasteiger partial charge in [-0.05, 0) is 63.7 Å². The number of amides is 1. The van der Waals surface area contributed by atoms with E-state index in [-0.39, 0.29) is 24.1 Å². The molecule has 0 aromatic rings. The summed E-state index contributed by atoms with van der Waals surface area (Å²) < 4.78 is 11.2. The maximum absolute atomic E-state index is 12.3. The third-order valence-corrected chi connectivity index (χ3v) is 7.58. The molecule has 0 spiro atoms. The first kappa shape index (κ1) is 20.0. The summed E-state index contributed by atoms with van der Waals surface area (Å²) in [5.41, 5.74) is 3.04. The summed E-state index contributed by atoms with van der Waals surface area (Å²) in [4.78, 5) is 20.1. The summed E-state index contributed by atoms with van der Waals surface area (Å²) in [5.74, 6) is 1.10. The van der Waals surface area contributed by atoms with Gasteiger partial charge in [-0.3, -0.25) is 10.2 Å². The maximum atomic E-state index is 12.3. The molecular weight excluding hydrogens is 372 g/mol. The van der Waals surface area contributed by atoms with Gasteiger partial charge in [0, 0.05) is 31.8 Å². The van der Waals surface area contributed by atoms with Crippen LogP contribution in [0.1, 0.15) is 58.3 Å². The van der Waals surface area contributed by atoms with Crippen molar-refractivity contribution < 1.29 is 19.1 Å². The van der Waals surface area contributed by atoms with E-state index < -0.39 is 0 Å². The largest absolute Gasteiger partial charge is 0.443 e. The Morgan fingerprint density at radius 3 is 2.55 bits per heavy atom. The highest BCUT2D eigenvalue weighted by Crippen LogP contribution is 2.39. The molecule has 5 fully saturated rings. The number of hydrogen-bond donors (Lipinski definition) is 3. The predicted molar refractivity (Wildman–Crippen MR) is 107 cm³/mol. The van der Waals surface area contributed by atoms with Crippen LogP contribution < -0.4 is 16.1 Å². The first-order valence-electron chi connectivity index (χ1n) is 11.6. The van der Waals surface area contributed by atoms with Crippen molar-refractivity contribution in [1.29, 1.82) is 0 Å². The summed E-state index contributed by atoms with van der Waals surface area (Å²) in [5, 5.41) is 7.51. The molecule has 5 rings (SSSR count). The lowest BCUT2D eigenvalue weighted by Gasteiger charge is -2.37. The normalized spacial score (nSPS) is 40.2. The summed E-state index contributed by atoms with van der Waals surface area (Å²) in [6.07, 6.45) is 8.72. The van der Waals surface area contributed by atoms with Gasteiger partial charge in [-0.15, -0.1) is 0 Å². The smallest absolute Gasteiger partial charge is 0.410 e. The predicted octanol–water partition coefficient (Wildman–Crippen LogP) is 1.71. The average Bonchev–Trinajstić information content (AvgIpc) is 3.18. The Kier molecular flexibility index (Phi) is 5.73. The van der Waals surface area contributed by atoms with Crippen LogP contribution in [0.5, 0.6) is 0 Å². The number of hydroxylamine groups is 1. The number of carbonyl (C=O) groups excluding carboxylic acids is 1. The minimum absolute atomic E-state index is 0.00272. The van der Waals surface area contributed by atoms with Crippen LogP contribution in [0.15, 0.2) is 0 Å². The molecule has 5 aliphatic rings.